The molecule has 0 radical (unpaired) electrons. The maximum atomic E-state index is 13.2. The number of carbonyl (C=O) groups is 2. The van der Waals surface area contributed by atoms with Crippen LogP contribution in [0.2, 0.25) is 16.6 Å². The average molecular weight is 530 g/mol. The van der Waals surface area contributed by atoms with Gasteiger partial charge in [-0.15, -0.1) is 0 Å². The van der Waals surface area contributed by atoms with Crippen LogP contribution in [0.15, 0.2) is 12.2 Å². The average Bonchev–Trinajstić information content (AvgIpc) is 3.11. The predicted molar refractivity (Wildman–Crippen MR) is 145 cm³/mol. The summed E-state index contributed by atoms with van der Waals surface area (Å²) in [6.07, 6.45) is 2.46. The van der Waals surface area contributed by atoms with E-state index < -0.39 is 26.6 Å². The van der Waals surface area contributed by atoms with Gasteiger partial charge in [-0.05, 0) is 28.6 Å². The van der Waals surface area contributed by atoms with Gasteiger partial charge in [-0.25, -0.2) is 0 Å². The van der Waals surface area contributed by atoms with Crippen LogP contribution in [0.1, 0.15) is 68.7 Å². The molecule has 6 nitrogen and oxygen atoms in total. The zero-order chi connectivity index (χ0) is 25.8. The van der Waals surface area contributed by atoms with Gasteiger partial charge in [0.1, 0.15) is 16.5 Å². The summed E-state index contributed by atoms with van der Waals surface area (Å²) in [7, 11) is -2.13. The Bertz CT molecular complexity index is 749. The molecule has 0 aliphatic carbocycles. The zero-order valence-corrected chi connectivity index (χ0v) is 24.8. The molecule has 9 heteroatoms. The number of rotatable bonds is 10. The first-order valence-corrected chi connectivity index (χ1v) is 16.0. The van der Waals surface area contributed by atoms with E-state index in [4.69, 9.17) is 26.1 Å². The third kappa shape index (κ3) is 6.72. The second kappa shape index (κ2) is 12.5. The Balaban J connectivity index is 2.18. The van der Waals surface area contributed by atoms with E-state index in [1.807, 2.05) is 12.2 Å². The molecule has 1 fully saturated rings. The molecule has 194 valence electrons. The van der Waals surface area contributed by atoms with Crippen LogP contribution in [-0.2, 0) is 23.5 Å². The van der Waals surface area contributed by atoms with Crippen molar-refractivity contribution in [2.45, 2.75) is 110 Å². The summed E-state index contributed by atoms with van der Waals surface area (Å²) in [5, 5.41) is 0. The molecule has 4 atom stereocenters. The third-order valence-corrected chi connectivity index (χ3v) is 14.6. The molecule has 0 bridgehead atoms. The molecule has 0 aromatic rings. The molecule has 2 aliphatic rings. The summed E-state index contributed by atoms with van der Waals surface area (Å²) in [6, 6.07) is 0.111. The monoisotopic (exact) mass is 529 g/mol. The highest BCUT2D eigenvalue weighted by Crippen LogP contribution is 2.42. The van der Waals surface area contributed by atoms with Crippen LogP contribution in [0.4, 0.5) is 0 Å². The number of hydrogen-bond donors (Lipinski definition) is 0. The molecular weight excluding hydrogens is 486 g/mol. The molecule has 0 aromatic heterocycles. The molecule has 0 saturated carbocycles. The molecule has 2 aliphatic heterocycles. The molecule has 2 heterocycles. The Morgan fingerprint density at radius 1 is 1.12 bits per heavy atom. The van der Waals surface area contributed by atoms with E-state index in [2.05, 4.69) is 55.4 Å². The normalized spacial score (nSPS) is 25.8. The van der Waals surface area contributed by atoms with Crippen LogP contribution >= 0.6 is 24.0 Å². The minimum Gasteiger partial charge on any atom is -0.455 e. The number of hydrogen-bond acceptors (Lipinski definition) is 7. The van der Waals surface area contributed by atoms with Gasteiger partial charge in [0.2, 0.25) is 5.91 Å². The Hall–Kier alpha value is -0.743. The molecule has 34 heavy (non-hydrogen) atoms. The Morgan fingerprint density at radius 2 is 1.71 bits per heavy atom. The molecule has 2 rings (SSSR count). The van der Waals surface area contributed by atoms with E-state index in [0.717, 1.165) is 5.75 Å². The van der Waals surface area contributed by atoms with Crippen LogP contribution in [0.5, 0.6) is 0 Å². The lowest BCUT2D eigenvalue weighted by atomic mass is 10.0. The SMILES string of the molecule is CC(=O)O[C@H]1C=C[C@@H](CC(=O)N2C(=S)SC[C@H]2C(C)C)O[C@@H]1CO[Si](C(C)C)(C(C)C)C(C)C. The lowest BCUT2D eigenvalue weighted by Gasteiger charge is -2.44. The van der Waals surface area contributed by atoms with Crippen LogP contribution in [0, 0.1) is 5.92 Å². The maximum absolute atomic E-state index is 13.2. The fourth-order valence-electron chi connectivity index (χ4n) is 5.47. The number of thiocarbonyl (C=S) groups is 1. The third-order valence-electron chi connectivity index (χ3n) is 7.06. The van der Waals surface area contributed by atoms with Crippen molar-refractivity contribution in [2.24, 2.45) is 5.92 Å². The van der Waals surface area contributed by atoms with Crippen molar-refractivity contribution in [3.05, 3.63) is 12.2 Å². The van der Waals surface area contributed by atoms with Gasteiger partial charge in [-0.2, -0.15) is 0 Å². The number of nitrogens with zero attached hydrogens (tertiary/aromatic N) is 1. The van der Waals surface area contributed by atoms with Crippen molar-refractivity contribution in [1.82, 2.24) is 4.90 Å². The van der Waals surface area contributed by atoms with Crippen molar-refractivity contribution >= 4 is 48.5 Å². The lowest BCUT2D eigenvalue weighted by molar-refractivity contribution is -0.158. The van der Waals surface area contributed by atoms with Gasteiger partial charge >= 0.3 is 5.97 Å². The predicted octanol–water partition coefficient (Wildman–Crippen LogP) is 5.71. The van der Waals surface area contributed by atoms with Gasteiger partial charge < -0.3 is 13.9 Å². The maximum Gasteiger partial charge on any atom is 0.303 e. The Kier molecular flexibility index (Phi) is 10.8. The van der Waals surface area contributed by atoms with Crippen LogP contribution in [0.25, 0.3) is 0 Å². The number of esters is 1. The number of ether oxygens (including phenoxy) is 2. The fraction of sp³-hybridized carbons (Fsp3) is 0.800. The first-order chi connectivity index (χ1) is 15.8. The molecule has 0 unspecified atom stereocenters. The van der Waals surface area contributed by atoms with Crippen LogP contribution < -0.4 is 0 Å². The summed E-state index contributed by atoms with van der Waals surface area (Å²) < 4.78 is 19.3. The molecule has 1 saturated heterocycles. The van der Waals surface area contributed by atoms with Crippen molar-refractivity contribution in [3.63, 3.8) is 0 Å². The zero-order valence-electron chi connectivity index (χ0n) is 22.2. The summed E-state index contributed by atoms with van der Waals surface area (Å²) >= 11 is 7.03. The fourth-order valence-corrected chi connectivity index (χ4v) is 12.6. The lowest BCUT2D eigenvalue weighted by Crippen LogP contribution is -2.51. The van der Waals surface area contributed by atoms with E-state index in [1.54, 1.807) is 16.7 Å². The highest BCUT2D eigenvalue weighted by Gasteiger charge is 2.46. The van der Waals surface area contributed by atoms with Crippen molar-refractivity contribution in [1.29, 1.82) is 0 Å². The molecule has 1 amide bonds. The molecule has 0 spiro atoms. The topological polar surface area (TPSA) is 65.1 Å². The van der Waals surface area contributed by atoms with Gasteiger partial charge in [-0.3, -0.25) is 14.5 Å². The number of thioether (sulfide) groups is 1. The Morgan fingerprint density at radius 3 is 2.21 bits per heavy atom. The summed E-state index contributed by atoms with van der Waals surface area (Å²) in [4.78, 5) is 26.7. The summed E-state index contributed by atoms with van der Waals surface area (Å²) in [6.45, 7) is 19.4. The van der Waals surface area contributed by atoms with Crippen LogP contribution in [-0.4, -0.2) is 66.1 Å². The van der Waals surface area contributed by atoms with Crippen molar-refractivity contribution in [2.75, 3.05) is 12.4 Å². The summed E-state index contributed by atoms with van der Waals surface area (Å²) in [5.74, 6) is 0.776. The van der Waals surface area contributed by atoms with Gasteiger partial charge in [0, 0.05) is 18.7 Å². The Labute approximate surface area is 216 Å². The van der Waals surface area contributed by atoms with Crippen molar-refractivity contribution < 1.29 is 23.5 Å². The minimum absolute atomic E-state index is 0.0239. The summed E-state index contributed by atoms with van der Waals surface area (Å²) in [5.41, 5.74) is 1.29. The first-order valence-electron chi connectivity index (χ1n) is 12.4. The van der Waals surface area contributed by atoms with Crippen molar-refractivity contribution in [3.8, 4) is 0 Å². The second-order valence-electron chi connectivity index (χ2n) is 10.7. The van der Waals surface area contributed by atoms with Gasteiger partial charge in [0.05, 0.1) is 19.1 Å². The number of amides is 1. The smallest absolute Gasteiger partial charge is 0.303 e. The van der Waals surface area contributed by atoms with Crippen LogP contribution in [0.3, 0.4) is 0 Å². The first kappa shape index (κ1) is 29.5. The minimum atomic E-state index is -2.13. The van der Waals surface area contributed by atoms with E-state index in [9.17, 15) is 9.59 Å². The molecule has 0 N–H and O–H groups in total. The quantitative estimate of drug-likeness (QED) is 0.155. The second-order valence-corrected chi connectivity index (χ2v) is 17.8. The van der Waals surface area contributed by atoms with E-state index in [0.29, 0.717) is 33.5 Å². The molecule has 0 aromatic carbocycles. The number of carbonyl (C=O) groups excluding carboxylic acids is 2. The van der Waals surface area contributed by atoms with Gasteiger partial charge in [0.15, 0.2) is 8.32 Å². The van der Waals surface area contributed by atoms with Gasteiger partial charge in [-0.1, -0.05) is 85.4 Å². The van der Waals surface area contributed by atoms with E-state index in [1.165, 1.54) is 6.92 Å². The van der Waals surface area contributed by atoms with Gasteiger partial charge in [0.25, 0.3) is 0 Å². The largest absolute Gasteiger partial charge is 0.455 e. The van der Waals surface area contributed by atoms with E-state index in [-0.39, 0.29) is 24.3 Å². The highest BCUT2D eigenvalue weighted by atomic mass is 32.2. The van der Waals surface area contributed by atoms with E-state index >= 15 is 0 Å². The standard InChI is InChI=1S/C25H43NO5S2Si/c1-15(2)21-14-33-25(32)26(21)24(28)12-20-10-11-22(30-19(9)27)23(31-20)13-29-34(16(3)4,17(5)6)18(7)8/h10-11,15-18,20-23H,12-14H2,1-9H3/t20-,21-,22-,23+/m0/s1. The molecular formula is C25H43NO5S2Si. The highest BCUT2D eigenvalue weighted by molar-refractivity contribution is 8.23.